The van der Waals surface area contributed by atoms with E-state index in [2.05, 4.69) is 28.8 Å². The van der Waals surface area contributed by atoms with Crippen molar-refractivity contribution in [2.24, 2.45) is 16.9 Å². The van der Waals surface area contributed by atoms with Crippen molar-refractivity contribution in [3.05, 3.63) is 12.3 Å². The Balaban J connectivity index is 2.67. The summed E-state index contributed by atoms with van der Waals surface area (Å²) in [5.41, 5.74) is 3.12. The molecular formula is C11H19Cl2N3. The van der Waals surface area contributed by atoms with Crippen molar-refractivity contribution < 1.29 is 0 Å². The zero-order chi connectivity index (χ0) is 12.0. The molecule has 0 aromatic carbocycles. The monoisotopic (exact) mass is 263 g/mol. The summed E-state index contributed by atoms with van der Waals surface area (Å²) in [7, 11) is 0. The average Bonchev–Trinajstić information content (AvgIpc) is 2.40. The number of hydrazone groups is 1. The van der Waals surface area contributed by atoms with Gasteiger partial charge in [-0.25, -0.2) is 0 Å². The normalized spacial score (nSPS) is 32.1. The van der Waals surface area contributed by atoms with Crippen molar-refractivity contribution in [3.8, 4) is 0 Å². The van der Waals surface area contributed by atoms with Gasteiger partial charge in [-0.3, -0.25) is 0 Å². The van der Waals surface area contributed by atoms with Crippen molar-refractivity contribution in [3.63, 3.8) is 0 Å². The van der Waals surface area contributed by atoms with Gasteiger partial charge in [-0.05, 0) is 19.0 Å². The maximum absolute atomic E-state index is 6.25. The minimum absolute atomic E-state index is 0.100. The van der Waals surface area contributed by atoms with Crippen LogP contribution in [0.3, 0.4) is 0 Å². The molecule has 1 heterocycles. The van der Waals surface area contributed by atoms with Crippen LogP contribution in [0.25, 0.3) is 0 Å². The molecule has 1 aliphatic rings. The van der Waals surface area contributed by atoms with E-state index >= 15 is 0 Å². The lowest BCUT2D eigenvalue weighted by atomic mass is 9.85. The summed E-state index contributed by atoms with van der Waals surface area (Å²) in [6, 6.07) is 0.219. The molecule has 92 valence electrons. The first kappa shape index (κ1) is 13.7. The van der Waals surface area contributed by atoms with Gasteiger partial charge in [0.25, 0.3) is 0 Å². The molecule has 1 aliphatic heterocycles. The van der Waals surface area contributed by atoms with Crippen LogP contribution in [0.5, 0.6) is 0 Å². The largest absolute Gasteiger partial charge is 0.389 e. The third-order valence-electron chi connectivity index (χ3n) is 2.86. The van der Waals surface area contributed by atoms with Gasteiger partial charge in [0.05, 0.1) is 11.9 Å². The summed E-state index contributed by atoms with van der Waals surface area (Å²) in [6.07, 6.45) is 5.79. The van der Waals surface area contributed by atoms with Crippen LogP contribution in [-0.4, -0.2) is 30.1 Å². The molecule has 4 atom stereocenters. The highest BCUT2D eigenvalue weighted by atomic mass is 35.5. The second kappa shape index (κ2) is 7.02. The summed E-state index contributed by atoms with van der Waals surface area (Å²) in [5.74, 6) is 1.19. The molecule has 0 aromatic heterocycles. The Labute approximate surface area is 107 Å². The molecule has 0 saturated carbocycles. The molecule has 0 aromatic rings. The van der Waals surface area contributed by atoms with Crippen LogP contribution < -0.4 is 10.7 Å². The molecule has 0 aliphatic carbocycles. The van der Waals surface area contributed by atoms with Gasteiger partial charge in [0, 0.05) is 24.1 Å². The van der Waals surface area contributed by atoms with Crippen LogP contribution in [-0.2, 0) is 0 Å². The standard InChI is InChI=1S/C11H19Cl2N3/c1-8-3-5-14-7-10(11(8)9(2)13)16-15-6-4-12/h3,5-6,8-11,14,16H,4,7H2,1-2H3/b15-6-/t8-,9?,10?,11+/m1/s1. The first-order valence-electron chi connectivity index (χ1n) is 5.54. The number of halogens is 2. The summed E-state index contributed by atoms with van der Waals surface area (Å²) >= 11 is 11.8. The topological polar surface area (TPSA) is 36.4 Å². The van der Waals surface area contributed by atoms with E-state index in [4.69, 9.17) is 23.2 Å². The quantitative estimate of drug-likeness (QED) is 0.464. The van der Waals surface area contributed by atoms with Gasteiger partial charge in [-0.15, -0.1) is 23.2 Å². The molecule has 3 nitrogen and oxygen atoms in total. The molecule has 0 radical (unpaired) electrons. The van der Waals surface area contributed by atoms with Crippen molar-refractivity contribution in [1.29, 1.82) is 0 Å². The lowest BCUT2D eigenvalue weighted by Crippen LogP contribution is -2.44. The van der Waals surface area contributed by atoms with Gasteiger partial charge in [0.1, 0.15) is 0 Å². The van der Waals surface area contributed by atoms with E-state index in [1.807, 2.05) is 13.1 Å². The number of allylic oxidation sites excluding steroid dienone is 1. The second-order valence-corrected chi connectivity index (χ2v) is 5.08. The highest BCUT2D eigenvalue weighted by molar-refractivity contribution is 6.24. The Kier molecular flexibility index (Phi) is 5.99. The van der Waals surface area contributed by atoms with Gasteiger partial charge in [-0.1, -0.05) is 13.0 Å². The van der Waals surface area contributed by atoms with Crippen LogP contribution >= 0.6 is 23.2 Å². The van der Waals surface area contributed by atoms with Crippen LogP contribution in [0.4, 0.5) is 0 Å². The first-order chi connectivity index (χ1) is 7.66. The molecule has 0 amide bonds. The first-order valence-corrected chi connectivity index (χ1v) is 6.51. The number of hydrogen-bond acceptors (Lipinski definition) is 3. The molecule has 16 heavy (non-hydrogen) atoms. The highest BCUT2D eigenvalue weighted by Crippen LogP contribution is 2.26. The van der Waals surface area contributed by atoms with E-state index in [1.165, 1.54) is 0 Å². The molecule has 0 fully saturated rings. The van der Waals surface area contributed by atoms with Crippen molar-refractivity contribution >= 4 is 29.4 Å². The molecule has 1 rings (SSSR count). The minimum Gasteiger partial charge on any atom is -0.389 e. The highest BCUT2D eigenvalue weighted by Gasteiger charge is 2.30. The lowest BCUT2D eigenvalue weighted by molar-refractivity contribution is 0.301. The maximum atomic E-state index is 6.25. The minimum atomic E-state index is 0.100. The van der Waals surface area contributed by atoms with Crippen LogP contribution in [0.1, 0.15) is 13.8 Å². The molecule has 0 bridgehead atoms. The summed E-state index contributed by atoms with van der Waals surface area (Å²) < 4.78 is 0. The summed E-state index contributed by atoms with van der Waals surface area (Å²) in [4.78, 5) is 0. The number of nitrogens with zero attached hydrogens (tertiary/aromatic N) is 1. The van der Waals surface area contributed by atoms with E-state index in [1.54, 1.807) is 6.21 Å². The zero-order valence-corrected chi connectivity index (χ0v) is 11.2. The van der Waals surface area contributed by atoms with E-state index in [0.717, 1.165) is 6.54 Å². The number of rotatable bonds is 4. The maximum Gasteiger partial charge on any atom is 0.0659 e. The van der Waals surface area contributed by atoms with Crippen LogP contribution in [0.15, 0.2) is 17.4 Å². The predicted octanol–water partition coefficient (Wildman–Crippen LogP) is 2.17. The SMILES string of the molecule is CC(Cl)[C@H]1C(N/N=C\CCl)CNC=C[C@H]1C. The molecular weight excluding hydrogens is 245 g/mol. The van der Waals surface area contributed by atoms with E-state index in [0.29, 0.717) is 17.7 Å². The second-order valence-electron chi connectivity index (χ2n) is 4.08. The molecule has 0 saturated heterocycles. The lowest BCUT2D eigenvalue weighted by Gasteiger charge is -2.30. The van der Waals surface area contributed by atoms with Gasteiger partial charge in [0.2, 0.25) is 0 Å². The van der Waals surface area contributed by atoms with Gasteiger partial charge < -0.3 is 10.7 Å². The van der Waals surface area contributed by atoms with Crippen LogP contribution in [0, 0.1) is 11.8 Å². The third kappa shape index (κ3) is 3.87. The van der Waals surface area contributed by atoms with Crippen LogP contribution in [0.2, 0.25) is 0 Å². The van der Waals surface area contributed by atoms with Gasteiger partial charge in [0.15, 0.2) is 0 Å². The Hall–Kier alpha value is -0.410. The Bertz CT molecular complexity index is 254. The predicted molar refractivity (Wildman–Crippen MR) is 71.2 cm³/mol. The summed E-state index contributed by atoms with van der Waals surface area (Å²) in [5, 5.41) is 7.42. The number of hydrogen-bond donors (Lipinski definition) is 2. The van der Waals surface area contributed by atoms with Gasteiger partial charge >= 0.3 is 0 Å². The number of alkyl halides is 2. The van der Waals surface area contributed by atoms with Gasteiger partial charge in [-0.2, -0.15) is 5.10 Å². The zero-order valence-electron chi connectivity index (χ0n) is 9.66. The smallest absolute Gasteiger partial charge is 0.0659 e. The Morgan fingerprint density at radius 3 is 3.06 bits per heavy atom. The van der Waals surface area contributed by atoms with E-state index in [9.17, 15) is 0 Å². The third-order valence-corrected chi connectivity index (χ3v) is 3.29. The fourth-order valence-electron chi connectivity index (χ4n) is 2.10. The van der Waals surface area contributed by atoms with Crippen molar-refractivity contribution in [2.45, 2.75) is 25.3 Å². The molecule has 2 unspecified atom stereocenters. The van der Waals surface area contributed by atoms with Crippen molar-refractivity contribution in [1.82, 2.24) is 10.7 Å². The summed E-state index contributed by atoms with van der Waals surface area (Å²) in [6.45, 7) is 5.02. The fraction of sp³-hybridized carbons (Fsp3) is 0.727. The average molecular weight is 264 g/mol. The Morgan fingerprint density at radius 1 is 1.69 bits per heavy atom. The van der Waals surface area contributed by atoms with E-state index < -0.39 is 0 Å². The van der Waals surface area contributed by atoms with E-state index in [-0.39, 0.29) is 11.4 Å². The van der Waals surface area contributed by atoms with Crippen molar-refractivity contribution in [2.75, 3.05) is 12.4 Å². The molecule has 2 N–H and O–H groups in total. The Morgan fingerprint density at radius 2 is 2.44 bits per heavy atom. The fourth-order valence-corrected chi connectivity index (χ4v) is 2.57. The molecule has 5 heteroatoms. The molecule has 0 spiro atoms. The number of nitrogens with one attached hydrogen (secondary N) is 2.